The molecule has 0 saturated heterocycles. The molecule has 2 atom stereocenters. The van der Waals surface area contributed by atoms with Crippen LogP contribution in [0.15, 0.2) is 35.3 Å². The first-order valence-corrected chi connectivity index (χ1v) is 12.8. The van der Waals surface area contributed by atoms with Crippen LogP contribution in [0.5, 0.6) is 0 Å². The third kappa shape index (κ3) is 13.6. The molecule has 37 heavy (non-hydrogen) atoms. The summed E-state index contributed by atoms with van der Waals surface area (Å²) in [5.74, 6) is 25.9. The summed E-state index contributed by atoms with van der Waals surface area (Å²) in [7, 11) is 0. The minimum absolute atomic E-state index is 0.00524. The smallest absolute Gasteiger partial charge is 0.297 e. The number of carbonyl (C=O) groups excluding carboxylic acids is 1. The maximum Gasteiger partial charge on any atom is 0.297 e. The van der Waals surface area contributed by atoms with Crippen molar-refractivity contribution in [1.82, 2.24) is 5.32 Å². The Morgan fingerprint density at radius 3 is 2.43 bits per heavy atom. The molecule has 1 amide bonds. The Labute approximate surface area is 222 Å². The molecule has 1 heterocycles. The average molecular weight is 495 g/mol. The van der Waals surface area contributed by atoms with Gasteiger partial charge in [-0.15, -0.1) is 0 Å². The molecule has 5 heteroatoms. The number of amides is 1. The van der Waals surface area contributed by atoms with Crippen molar-refractivity contribution < 1.29 is 14.3 Å². The van der Waals surface area contributed by atoms with E-state index in [0.717, 1.165) is 24.8 Å². The van der Waals surface area contributed by atoms with E-state index in [1.165, 1.54) is 19.3 Å². The summed E-state index contributed by atoms with van der Waals surface area (Å²) in [6, 6.07) is 9.84. The molecule has 0 radical (unpaired) electrons. The van der Waals surface area contributed by atoms with Crippen LogP contribution in [0, 0.1) is 59.2 Å². The van der Waals surface area contributed by atoms with Crippen LogP contribution in [0.25, 0.3) is 0 Å². The van der Waals surface area contributed by atoms with Crippen molar-refractivity contribution in [2.45, 2.75) is 70.9 Å². The molecule has 0 fully saturated rings. The maximum atomic E-state index is 12.3. The zero-order valence-corrected chi connectivity index (χ0v) is 21.8. The predicted molar refractivity (Wildman–Crippen MR) is 148 cm³/mol. The van der Waals surface area contributed by atoms with E-state index in [0.29, 0.717) is 32.1 Å². The Hall–Kier alpha value is -4.08. The zero-order valence-electron chi connectivity index (χ0n) is 21.8. The molecule has 0 spiro atoms. The molecule has 0 unspecified atom stereocenters. The lowest BCUT2D eigenvalue weighted by Gasteiger charge is -2.17. The van der Waals surface area contributed by atoms with Gasteiger partial charge in [-0.2, -0.15) is 0 Å². The van der Waals surface area contributed by atoms with Crippen molar-refractivity contribution in [1.29, 1.82) is 0 Å². The van der Waals surface area contributed by atoms with Gasteiger partial charge in [-0.05, 0) is 79.3 Å². The van der Waals surface area contributed by atoms with Crippen LogP contribution >= 0.6 is 0 Å². The molecule has 0 aliphatic carbocycles. The summed E-state index contributed by atoms with van der Waals surface area (Å²) in [4.78, 5) is 16.9. The number of nitrogens with one attached hydrogen (secondary N) is 1. The summed E-state index contributed by atoms with van der Waals surface area (Å²) in [6.07, 6.45) is 7.45. The van der Waals surface area contributed by atoms with Crippen LogP contribution in [0.4, 0.5) is 0 Å². The normalized spacial score (nSPS) is 13.7. The molecule has 1 aromatic rings. The van der Waals surface area contributed by atoms with Crippen molar-refractivity contribution in [3.05, 3.63) is 35.9 Å². The van der Waals surface area contributed by atoms with E-state index in [2.05, 4.69) is 76.4 Å². The topological polar surface area (TPSA) is 59.9 Å². The molecular formula is C32H34N2O3. The highest BCUT2D eigenvalue weighted by molar-refractivity contribution is 5.95. The van der Waals surface area contributed by atoms with Crippen LogP contribution in [0.1, 0.15) is 64.4 Å². The second kappa shape index (κ2) is 19.1. The Morgan fingerprint density at radius 2 is 1.70 bits per heavy atom. The number of ether oxygens (including phenoxy) is 2. The van der Waals surface area contributed by atoms with E-state index >= 15 is 0 Å². The molecule has 0 aromatic heterocycles. The van der Waals surface area contributed by atoms with Crippen LogP contribution in [-0.4, -0.2) is 43.7 Å². The van der Waals surface area contributed by atoms with E-state index < -0.39 is 0 Å². The van der Waals surface area contributed by atoms with Crippen molar-refractivity contribution >= 4 is 11.8 Å². The van der Waals surface area contributed by atoms with Gasteiger partial charge in [0, 0.05) is 24.1 Å². The van der Waals surface area contributed by atoms with Crippen molar-refractivity contribution in [2.24, 2.45) is 4.99 Å². The maximum absolute atomic E-state index is 12.3. The van der Waals surface area contributed by atoms with E-state index in [1.54, 1.807) is 6.92 Å². The Balaban J connectivity index is 1.79. The lowest BCUT2D eigenvalue weighted by molar-refractivity contribution is -0.116. The summed E-state index contributed by atoms with van der Waals surface area (Å²) < 4.78 is 11.6. The van der Waals surface area contributed by atoms with Gasteiger partial charge >= 0.3 is 0 Å². The first-order valence-electron chi connectivity index (χ1n) is 12.8. The van der Waals surface area contributed by atoms with E-state index in [4.69, 9.17) is 9.47 Å². The van der Waals surface area contributed by atoms with Crippen molar-refractivity contribution in [3.8, 4) is 59.2 Å². The molecule has 190 valence electrons. The Kier molecular flexibility index (Phi) is 15.1. The van der Waals surface area contributed by atoms with E-state index in [9.17, 15) is 4.79 Å². The van der Waals surface area contributed by atoms with Gasteiger partial charge in [-0.1, -0.05) is 63.1 Å². The quantitative estimate of drug-likeness (QED) is 0.332. The highest BCUT2D eigenvalue weighted by atomic mass is 16.5. The molecule has 2 rings (SSSR count). The molecule has 1 N–H and O–H groups in total. The highest BCUT2D eigenvalue weighted by Crippen LogP contribution is 2.13. The zero-order chi connectivity index (χ0) is 26.4. The second-order valence-corrected chi connectivity index (χ2v) is 8.38. The van der Waals surface area contributed by atoms with Gasteiger partial charge in [0.2, 0.25) is 5.90 Å². The number of nitrogens with zero attached hydrogens (tertiary/aromatic N) is 1. The van der Waals surface area contributed by atoms with Gasteiger partial charge in [0.1, 0.15) is 12.6 Å². The van der Waals surface area contributed by atoms with Gasteiger partial charge < -0.3 is 14.8 Å². The molecule has 0 bridgehead atoms. The molecule has 1 aromatic carbocycles. The fourth-order valence-electron chi connectivity index (χ4n) is 3.53. The minimum Gasteiger partial charge on any atom is -0.475 e. The first-order chi connectivity index (χ1) is 18.2. The summed E-state index contributed by atoms with van der Waals surface area (Å²) in [5, 5.41) is 3.00. The Morgan fingerprint density at radius 1 is 1.00 bits per heavy atom. The fraction of sp³-hybridized carbons (Fsp3) is 0.438. The van der Waals surface area contributed by atoms with Crippen molar-refractivity contribution in [3.63, 3.8) is 0 Å². The average Bonchev–Trinajstić information content (AvgIpc) is 3.39. The Bertz CT molecular complexity index is 1190. The molecule has 1 aliphatic heterocycles. The van der Waals surface area contributed by atoms with Gasteiger partial charge in [0.05, 0.1) is 6.61 Å². The molecule has 5 nitrogen and oxygen atoms in total. The second-order valence-electron chi connectivity index (χ2n) is 8.38. The number of benzene rings is 1. The van der Waals surface area contributed by atoms with Crippen LogP contribution in [0.3, 0.4) is 0 Å². The largest absolute Gasteiger partial charge is 0.475 e. The predicted octanol–water partition coefficient (Wildman–Crippen LogP) is 4.12. The molecular weight excluding hydrogens is 460 g/mol. The van der Waals surface area contributed by atoms with Gasteiger partial charge in [0.15, 0.2) is 0 Å². The standard InChI is InChI=1S/C32H34N2O3/c1-3-5-7-9-10-11-12-14-19-23-31(35)33-29(22-18-13-8-6-4-2)24-25-36-26-30-27-37-32(34-30)28-20-16-15-17-21-28/h15-17,20-21,29-30H,4,6,8,13,18,22,24-27H2,1-2H3,(H,33,35)/t29-,30+/m0/s1. The fourth-order valence-corrected chi connectivity index (χ4v) is 3.53. The van der Waals surface area contributed by atoms with Crippen molar-refractivity contribution in [2.75, 3.05) is 19.8 Å². The highest BCUT2D eigenvalue weighted by Gasteiger charge is 2.20. The number of aliphatic imine (C=N–C) groups is 1. The van der Waals surface area contributed by atoms with Crippen LogP contribution < -0.4 is 5.32 Å². The summed E-state index contributed by atoms with van der Waals surface area (Å²) in [6.45, 7) is 5.43. The molecule has 0 saturated carbocycles. The van der Waals surface area contributed by atoms with Gasteiger partial charge in [-0.25, -0.2) is 4.99 Å². The van der Waals surface area contributed by atoms with Crippen LogP contribution in [-0.2, 0) is 14.3 Å². The monoisotopic (exact) mass is 494 g/mol. The number of hydrogen-bond donors (Lipinski definition) is 1. The number of unbranched alkanes of at least 4 members (excludes halogenated alkanes) is 4. The number of carbonyl (C=O) groups is 1. The third-order valence-corrected chi connectivity index (χ3v) is 5.38. The number of rotatable bonds is 13. The van der Waals surface area contributed by atoms with E-state index in [-0.39, 0.29) is 18.0 Å². The number of hydrogen-bond acceptors (Lipinski definition) is 4. The molecule has 1 aliphatic rings. The summed E-state index contributed by atoms with van der Waals surface area (Å²) >= 11 is 0. The summed E-state index contributed by atoms with van der Waals surface area (Å²) in [5.41, 5.74) is 0.976. The van der Waals surface area contributed by atoms with E-state index in [1.807, 2.05) is 30.3 Å². The van der Waals surface area contributed by atoms with Crippen LogP contribution in [0.2, 0.25) is 0 Å². The third-order valence-electron chi connectivity index (χ3n) is 5.38. The lowest BCUT2D eigenvalue weighted by Crippen LogP contribution is -2.35. The van der Waals surface area contributed by atoms with Gasteiger partial charge in [-0.3, -0.25) is 4.79 Å². The van der Waals surface area contributed by atoms with Gasteiger partial charge in [0.25, 0.3) is 5.91 Å². The minimum atomic E-state index is -0.347. The first kappa shape index (κ1) is 29.2. The lowest BCUT2D eigenvalue weighted by atomic mass is 10.0. The SMILES string of the molecule is CC#CC#CC#CC#CC#CC(=O)N[C@@H](CCCCCCC)CCOC[C@@H]1COC(c2ccccc2)=N1.